The number of aliphatic hydroxyl groups excluding tert-OH is 1. The summed E-state index contributed by atoms with van der Waals surface area (Å²) < 4.78 is 34.8. The van der Waals surface area contributed by atoms with Crippen LogP contribution in [-0.4, -0.2) is 44.7 Å². The van der Waals surface area contributed by atoms with Crippen molar-refractivity contribution in [2.24, 2.45) is 0 Å². The number of carbonyl (C=O) groups excluding carboxylic acids is 1. The minimum Gasteiger partial charge on any atom is -0.493 e. The second kappa shape index (κ2) is 9.97. The third kappa shape index (κ3) is 4.96. The molecule has 0 aliphatic carbocycles. The summed E-state index contributed by atoms with van der Waals surface area (Å²) in [6, 6.07) is 6.23. The Balaban J connectivity index is 1.67. The maximum absolute atomic E-state index is 15.3. The first-order valence-corrected chi connectivity index (χ1v) is 11.2. The summed E-state index contributed by atoms with van der Waals surface area (Å²) in [5.74, 6) is -1.71. The molecule has 4 rings (SSSR count). The Morgan fingerprint density at radius 1 is 1.23 bits per heavy atom. The van der Waals surface area contributed by atoms with Gasteiger partial charge in [-0.05, 0) is 49.7 Å². The van der Waals surface area contributed by atoms with Gasteiger partial charge in [0.15, 0.2) is 0 Å². The molecule has 2 aromatic carbocycles. The van der Waals surface area contributed by atoms with Gasteiger partial charge in [0.25, 0.3) is 5.91 Å². The highest BCUT2D eigenvalue weighted by molar-refractivity contribution is 6.30. The van der Waals surface area contributed by atoms with Crippen LogP contribution in [0.25, 0.3) is 22.0 Å². The van der Waals surface area contributed by atoms with Crippen molar-refractivity contribution in [3.05, 3.63) is 76.2 Å². The molecule has 1 amide bonds. The van der Waals surface area contributed by atoms with Gasteiger partial charge in [0.1, 0.15) is 17.4 Å². The maximum Gasteiger partial charge on any atom is 0.254 e. The van der Waals surface area contributed by atoms with Crippen molar-refractivity contribution in [2.75, 3.05) is 13.7 Å². The van der Waals surface area contributed by atoms with Gasteiger partial charge in [0.2, 0.25) is 0 Å². The Hall–Kier alpha value is -3.56. The van der Waals surface area contributed by atoms with E-state index in [0.29, 0.717) is 22.2 Å². The topological polar surface area (TPSA) is 91.3 Å². The highest BCUT2D eigenvalue weighted by Crippen LogP contribution is 2.36. The van der Waals surface area contributed by atoms with Crippen molar-refractivity contribution in [3.63, 3.8) is 0 Å². The number of pyridine rings is 1. The van der Waals surface area contributed by atoms with E-state index in [1.54, 1.807) is 33.3 Å². The fraction of sp³-hybridized carbons (Fsp3) is 0.240. The molecule has 4 aromatic rings. The number of benzene rings is 2. The number of amides is 1. The summed E-state index contributed by atoms with van der Waals surface area (Å²) in [6.45, 7) is 3.69. The van der Waals surface area contributed by atoms with Crippen LogP contribution < -0.4 is 4.74 Å². The molecule has 1 unspecified atom stereocenters. The first-order chi connectivity index (χ1) is 16.7. The molecule has 0 aliphatic heterocycles. The fourth-order valence-electron chi connectivity index (χ4n) is 3.96. The van der Waals surface area contributed by atoms with Crippen LogP contribution in [0.15, 0.2) is 42.7 Å². The molecule has 0 saturated carbocycles. The minimum atomic E-state index is -0.782. The number of H-pyrrole nitrogens is 1. The third-order valence-corrected chi connectivity index (χ3v) is 5.72. The lowest BCUT2D eigenvalue weighted by molar-refractivity contribution is 0.0784. The molecular weight excluding hydrogens is 478 g/mol. The molecule has 182 valence electrons. The van der Waals surface area contributed by atoms with Crippen molar-refractivity contribution in [2.45, 2.75) is 26.5 Å². The number of rotatable bonds is 7. The van der Waals surface area contributed by atoms with Gasteiger partial charge in [-0.25, -0.2) is 8.78 Å². The molecule has 0 saturated heterocycles. The molecule has 2 aromatic heterocycles. The second-order valence-corrected chi connectivity index (χ2v) is 8.52. The average molecular weight is 501 g/mol. The number of halogens is 3. The SMILES string of the molecule is CCOc1cc(C(=O)N(C)Cc2cnc(C(C)O)c3cn[nH]c23)cc(F)c1-c1cc(F)cc(Cl)c1. The van der Waals surface area contributed by atoms with Gasteiger partial charge < -0.3 is 14.7 Å². The Morgan fingerprint density at radius 3 is 2.69 bits per heavy atom. The van der Waals surface area contributed by atoms with E-state index >= 15 is 4.39 Å². The number of nitrogens with one attached hydrogen (secondary N) is 1. The van der Waals surface area contributed by atoms with Gasteiger partial charge in [0.05, 0.1) is 35.7 Å². The molecular formula is C25H23ClF2N4O3. The lowest BCUT2D eigenvalue weighted by Crippen LogP contribution is -2.26. The van der Waals surface area contributed by atoms with Crippen LogP contribution in [0.4, 0.5) is 8.78 Å². The quantitative estimate of drug-likeness (QED) is 0.360. The lowest BCUT2D eigenvalue weighted by Gasteiger charge is -2.20. The lowest BCUT2D eigenvalue weighted by atomic mass is 10.0. The number of fused-ring (bicyclic) bond motifs is 1. The zero-order chi connectivity index (χ0) is 25.3. The second-order valence-electron chi connectivity index (χ2n) is 8.09. The van der Waals surface area contributed by atoms with Gasteiger partial charge in [-0.2, -0.15) is 5.10 Å². The molecule has 7 nitrogen and oxygen atoms in total. The normalized spacial score (nSPS) is 12.1. The van der Waals surface area contributed by atoms with Crippen LogP contribution in [0, 0.1) is 11.6 Å². The molecule has 0 spiro atoms. The highest BCUT2D eigenvalue weighted by atomic mass is 35.5. The van der Waals surface area contributed by atoms with Crippen LogP contribution in [0.3, 0.4) is 0 Å². The molecule has 1 atom stereocenters. The number of aromatic nitrogens is 3. The number of aromatic amines is 1. The third-order valence-electron chi connectivity index (χ3n) is 5.50. The highest BCUT2D eigenvalue weighted by Gasteiger charge is 2.22. The molecule has 0 fully saturated rings. The summed E-state index contributed by atoms with van der Waals surface area (Å²) in [5, 5.41) is 17.6. The smallest absolute Gasteiger partial charge is 0.254 e. The summed E-state index contributed by atoms with van der Waals surface area (Å²) in [4.78, 5) is 18.9. The summed E-state index contributed by atoms with van der Waals surface area (Å²) in [6.07, 6.45) is 2.35. The van der Waals surface area contributed by atoms with E-state index < -0.39 is 23.6 Å². The summed E-state index contributed by atoms with van der Waals surface area (Å²) >= 11 is 5.95. The largest absolute Gasteiger partial charge is 0.493 e. The van der Waals surface area contributed by atoms with Crippen LogP contribution in [0.2, 0.25) is 5.02 Å². The van der Waals surface area contributed by atoms with E-state index in [1.165, 1.54) is 17.0 Å². The van der Waals surface area contributed by atoms with E-state index in [2.05, 4.69) is 15.2 Å². The number of carbonyl (C=O) groups is 1. The van der Waals surface area contributed by atoms with Crippen molar-refractivity contribution in [1.29, 1.82) is 0 Å². The van der Waals surface area contributed by atoms with E-state index in [0.717, 1.165) is 18.2 Å². The van der Waals surface area contributed by atoms with Crippen LogP contribution in [0.1, 0.15) is 41.6 Å². The minimum absolute atomic E-state index is 0.0181. The van der Waals surface area contributed by atoms with E-state index in [1.807, 2.05) is 0 Å². The molecule has 10 heteroatoms. The summed E-state index contributed by atoms with van der Waals surface area (Å²) in [5.41, 5.74) is 2.08. The molecule has 35 heavy (non-hydrogen) atoms. The van der Waals surface area contributed by atoms with Crippen LogP contribution in [-0.2, 0) is 6.54 Å². The van der Waals surface area contributed by atoms with E-state index in [9.17, 15) is 14.3 Å². The average Bonchev–Trinajstić information content (AvgIpc) is 3.28. The first-order valence-electron chi connectivity index (χ1n) is 10.9. The van der Waals surface area contributed by atoms with Crippen molar-refractivity contribution < 1.29 is 23.4 Å². The number of aliphatic hydroxyl groups is 1. The van der Waals surface area contributed by atoms with E-state index in [4.69, 9.17) is 16.3 Å². The number of hydrogen-bond acceptors (Lipinski definition) is 5. The van der Waals surface area contributed by atoms with Gasteiger partial charge in [-0.1, -0.05) is 11.6 Å². The van der Waals surface area contributed by atoms with Crippen molar-refractivity contribution in [3.8, 4) is 16.9 Å². The monoisotopic (exact) mass is 500 g/mol. The van der Waals surface area contributed by atoms with Crippen LogP contribution in [0.5, 0.6) is 5.75 Å². The number of ether oxygens (including phenoxy) is 1. The summed E-state index contributed by atoms with van der Waals surface area (Å²) in [7, 11) is 1.58. The first kappa shape index (κ1) is 24.6. The standard InChI is InChI=1S/C25H23ClF2N4O3/c1-4-35-21-8-15(7-20(28)22(21)14-5-17(26)9-18(27)6-14)25(34)32(3)12-16-10-29-23(13(2)33)19-11-30-31-24(16)19/h5-11,13,33H,4,12H2,1-3H3,(H,30,31). The Labute approximate surface area is 205 Å². The Morgan fingerprint density at radius 2 is 2.00 bits per heavy atom. The predicted octanol–water partition coefficient (Wildman–Crippen LogP) is 5.28. The Kier molecular flexibility index (Phi) is 7.00. The fourth-order valence-corrected chi connectivity index (χ4v) is 4.18. The van der Waals surface area contributed by atoms with Gasteiger partial charge >= 0.3 is 0 Å². The molecule has 0 aliphatic rings. The molecule has 2 heterocycles. The Bertz CT molecular complexity index is 1390. The van der Waals surface area contributed by atoms with Gasteiger partial charge in [-0.3, -0.25) is 14.9 Å². The molecule has 0 radical (unpaired) electrons. The maximum atomic E-state index is 15.3. The van der Waals surface area contributed by atoms with Crippen molar-refractivity contribution >= 4 is 28.4 Å². The van der Waals surface area contributed by atoms with Crippen LogP contribution >= 0.6 is 11.6 Å². The van der Waals surface area contributed by atoms with Crippen molar-refractivity contribution in [1.82, 2.24) is 20.1 Å². The molecule has 0 bridgehead atoms. The van der Waals surface area contributed by atoms with E-state index in [-0.39, 0.29) is 40.6 Å². The predicted molar refractivity (Wildman–Crippen MR) is 128 cm³/mol. The van der Waals surface area contributed by atoms with Gasteiger partial charge in [-0.15, -0.1) is 0 Å². The van der Waals surface area contributed by atoms with Gasteiger partial charge in [0, 0.05) is 41.3 Å². The zero-order valence-corrected chi connectivity index (χ0v) is 20.0. The number of hydrogen-bond donors (Lipinski definition) is 2. The molecule has 2 N–H and O–H groups in total. The number of nitrogens with zero attached hydrogens (tertiary/aromatic N) is 3. The zero-order valence-electron chi connectivity index (χ0n) is 19.3.